The fourth-order valence-corrected chi connectivity index (χ4v) is 5.53. The van der Waals surface area contributed by atoms with Crippen molar-refractivity contribution in [3.05, 3.63) is 93.8 Å². The number of aromatic nitrogens is 2. The second kappa shape index (κ2) is 8.32. The lowest BCUT2D eigenvalue weighted by atomic mass is 9.79. The molecule has 0 spiro atoms. The molecule has 1 aliphatic heterocycles. The van der Waals surface area contributed by atoms with Gasteiger partial charge in [-0.15, -0.1) is 0 Å². The Kier molecular flexibility index (Phi) is 5.11. The average Bonchev–Trinajstić information content (AvgIpc) is 3.32. The Morgan fingerprint density at radius 1 is 1.09 bits per heavy atom. The number of rotatable bonds is 3. The quantitative estimate of drug-likeness (QED) is 0.360. The van der Waals surface area contributed by atoms with Gasteiger partial charge in [0.25, 0.3) is 0 Å². The maximum Gasteiger partial charge on any atom is 0.225 e. The minimum Gasteiger partial charge on any atom is -0.437 e. The Labute approximate surface area is 205 Å². The first-order valence-corrected chi connectivity index (χ1v) is 12.4. The van der Waals surface area contributed by atoms with Gasteiger partial charge in [-0.25, -0.2) is 4.98 Å². The normalized spacial score (nSPS) is 17.1. The molecule has 2 aromatic heterocycles. The van der Waals surface area contributed by atoms with Gasteiger partial charge in [0.2, 0.25) is 5.88 Å². The number of allylic oxidation sites excluding steroid dienone is 1. The molecule has 3 heterocycles. The van der Waals surface area contributed by atoms with Gasteiger partial charge in [-0.3, -0.25) is 0 Å². The van der Waals surface area contributed by atoms with Crippen LogP contribution in [0.1, 0.15) is 72.0 Å². The third-order valence-corrected chi connectivity index (χ3v) is 7.43. The molecule has 3 N–H and O–H groups in total. The van der Waals surface area contributed by atoms with Crippen molar-refractivity contribution >= 4 is 22.3 Å². The molecule has 0 radical (unpaired) electrons. The summed E-state index contributed by atoms with van der Waals surface area (Å²) in [4.78, 5) is 8.31. The maximum atomic E-state index is 10.5. The Bertz CT molecular complexity index is 1520. The van der Waals surface area contributed by atoms with Crippen LogP contribution in [0.4, 0.5) is 5.69 Å². The summed E-state index contributed by atoms with van der Waals surface area (Å²) in [7, 11) is 0. The van der Waals surface area contributed by atoms with E-state index >= 15 is 0 Å². The molecule has 0 saturated carbocycles. The van der Waals surface area contributed by atoms with E-state index in [0.29, 0.717) is 23.1 Å². The van der Waals surface area contributed by atoms with Crippen LogP contribution in [0.25, 0.3) is 16.7 Å². The summed E-state index contributed by atoms with van der Waals surface area (Å²) >= 11 is 0. The lowest BCUT2D eigenvalue weighted by Crippen LogP contribution is -2.21. The van der Waals surface area contributed by atoms with Crippen molar-refractivity contribution in [1.82, 2.24) is 9.97 Å². The van der Waals surface area contributed by atoms with Gasteiger partial charge in [0.05, 0.1) is 23.1 Å². The number of nitrogens with two attached hydrogens (primary N) is 1. The molecule has 0 bridgehead atoms. The van der Waals surface area contributed by atoms with Gasteiger partial charge < -0.3 is 15.5 Å². The predicted molar refractivity (Wildman–Crippen MR) is 139 cm³/mol. The number of nitrogens with one attached hydrogen (secondary N) is 1. The zero-order valence-electron chi connectivity index (χ0n) is 20.1. The second-order valence-electron chi connectivity index (χ2n) is 9.84. The van der Waals surface area contributed by atoms with Crippen molar-refractivity contribution in [2.45, 2.75) is 51.4 Å². The minimum absolute atomic E-state index is 0.339. The molecular weight excluding hydrogens is 432 g/mol. The summed E-state index contributed by atoms with van der Waals surface area (Å²) in [5, 5.41) is 11.5. The molecule has 35 heavy (non-hydrogen) atoms. The molecule has 0 amide bonds. The van der Waals surface area contributed by atoms with Gasteiger partial charge in [0.1, 0.15) is 0 Å². The number of para-hydroxylation sites is 1. The second-order valence-corrected chi connectivity index (χ2v) is 9.84. The molecular formula is C30H28N4O. The van der Waals surface area contributed by atoms with E-state index in [1.807, 2.05) is 30.5 Å². The van der Waals surface area contributed by atoms with Crippen LogP contribution in [0.15, 0.2) is 60.3 Å². The standard InChI is InChI=1S/C30H28N4O/c1-17(2)18-11-13-19(14-12-18)26-22(15-31)29(23-16-33-24-9-5-3-7-20(23)24)35-30-27(26)28(32)21-8-4-6-10-25(21)34-30/h3,5,7,9,11-14,16-17,26,33H,4,6,8,10H2,1-2H3,(H2,32,34). The van der Waals surface area contributed by atoms with Crippen molar-refractivity contribution in [2.75, 3.05) is 5.73 Å². The van der Waals surface area contributed by atoms with E-state index in [-0.39, 0.29) is 5.92 Å². The van der Waals surface area contributed by atoms with Crippen molar-refractivity contribution < 1.29 is 4.74 Å². The van der Waals surface area contributed by atoms with Crippen LogP contribution in [-0.2, 0) is 12.8 Å². The number of nitrogen functional groups attached to an aromatic ring is 1. The van der Waals surface area contributed by atoms with E-state index in [1.54, 1.807) is 0 Å². The number of ether oxygens (including phenoxy) is 1. The number of nitrogens with zero attached hydrogens (tertiary/aromatic N) is 2. The van der Waals surface area contributed by atoms with E-state index in [2.05, 4.69) is 49.2 Å². The number of pyridine rings is 1. The topological polar surface area (TPSA) is 87.7 Å². The van der Waals surface area contributed by atoms with Gasteiger partial charge in [0.15, 0.2) is 5.76 Å². The molecule has 2 aliphatic rings. The highest BCUT2D eigenvalue weighted by molar-refractivity contribution is 5.94. The van der Waals surface area contributed by atoms with Crippen LogP contribution in [0.5, 0.6) is 5.88 Å². The zero-order chi connectivity index (χ0) is 24.1. The first kappa shape index (κ1) is 21.5. The number of fused-ring (bicyclic) bond motifs is 3. The number of aromatic amines is 1. The minimum atomic E-state index is -0.339. The molecule has 2 aromatic carbocycles. The SMILES string of the molecule is CC(C)c1ccc(C2C(C#N)=C(c3c[nH]c4ccccc34)Oc3nc4c(c(N)c32)CCCC4)cc1. The van der Waals surface area contributed by atoms with E-state index in [4.69, 9.17) is 15.5 Å². The molecule has 1 atom stereocenters. The molecule has 5 heteroatoms. The Morgan fingerprint density at radius 3 is 2.63 bits per heavy atom. The van der Waals surface area contributed by atoms with E-state index in [0.717, 1.165) is 70.2 Å². The summed E-state index contributed by atoms with van der Waals surface area (Å²) in [5.41, 5.74) is 15.3. The highest BCUT2D eigenvalue weighted by Crippen LogP contribution is 2.49. The molecule has 0 saturated heterocycles. The van der Waals surface area contributed by atoms with Crippen LogP contribution >= 0.6 is 0 Å². The van der Waals surface area contributed by atoms with Crippen LogP contribution in [0.3, 0.4) is 0 Å². The summed E-state index contributed by atoms with van der Waals surface area (Å²) in [6, 6.07) is 19.1. The van der Waals surface area contributed by atoms with Crippen LogP contribution in [0.2, 0.25) is 0 Å². The van der Waals surface area contributed by atoms with Crippen molar-refractivity contribution in [2.24, 2.45) is 0 Å². The molecule has 0 fully saturated rings. The number of nitriles is 1. The van der Waals surface area contributed by atoms with Gasteiger partial charge in [0, 0.05) is 34.0 Å². The van der Waals surface area contributed by atoms with Crippen LogP contribution in [-0.4, -0.2) is 9.97 Å². The largest absolute Gasteiger partial charge is 0.437 e. The number of benzene rings is 2. The number of H-pyrrole nitrogens is 1. The van der Waals surface area contributed by atoms with E-state index in [1.165, 1.54) is 5.56 Å². The van der Waals surface area contributed by atoms with Crippen molar-refractivity contribution in [3.63, 3.8) is 0 Å². The molecule has 1 unspecified atom stereocenters. The fourth-order valence-electron chi connectivity index (χ4n) is 5.53. The maximum absolute atomic E-state index is 10.5. The summed E-state index contributed by atoms with van der Waals surface area (Å²) in [6.45, 7) is 4.37. The summed E-state index contributed by atoms with van der Waals surface area (Å²) in [5.74, 6) is 1.17. The Hall–Kier alpha value is -4.04. The van der Waals surface area contributed by atoms with Gasteiger partial charge in [-0.2, -0.15) is 5.26 Å². The number of hydrogen-bond donors (Lipinski definition) is 2. The van der Waals surface area contributed by atoms with Crippen LogP contribution < -0.4 is 10.5 Å². The smallest absolute Gasteiger partial charge is 0.225 e. The number of anilines is 1. The first-order chi connectivity index (χ1) is 17.1. The number of hydrogen-bond acceptors (Lipinski definition) is 4. The van der Waals surface area contributed by atoms with Crippen molar-refractivity contribution in [1.29, 1.82) is 5.26 Å². The molecule has 174 valence electrons. The predicted octanol–water partition coefficient (Wildman–Crippen LogP) is 6.61. The van der Waals surface area contributed by atoms with Crippen molar-refractivity contribution in [3.8, 4) is 11.9 Å². The molecule has 1 aliphatic carbocycles. The lowest BCUT2D eigenvalue weighted by Gasteiger charge is -2.31. The Morgan fingerprint density at radius 2 is 1.86 bits per heavy atom. The summed E-state index contributed by atoms with van der Waals surface area (Å²) in [6.07, 6.45) is 5.95. The fraction of sp³-hybridized carbons (Fsp3) is 0.267. The zero-order valence-corrected chi connectivity index (χ0v) is 20.1. The molecule has 6 rings (SSSR count). The third-order valence-electron chi connectivity index (χ3n) is 7.43. The van der Waals surface area contributed by atoms with Gasteiger partial charge in [-0.05, 0) is 54.4 Å². The highest BCUT2D eigenvalue weighted by atomic mass is 16.5. The molecule has 4 aromatic rings. The number of aryl methyl sites for hydroxylation is 1. The highest BCUT2D eigenvalue weighted by Gasteiger charge is 2.37. The summed E-state index contributed by atoms with van der Waals surface area (Å²) < 4.78 is 6.49. The van der Waals surface area contributed by atoms with Crippen LogP contribution in [0, 0.1) is 11.3 Å². The van der Waals surface area contributed by atoms with E-state index in [9.17, 15) is 5.26 Å². The monoisotopic (exact) mass is 460 g/mol. The van der Waals surface area contributed by atoms with E-state index < -0.39 is 0 Å². The average molecular weight is 461 g/mol. The van der Waals surface area contributed by atoms with Gasteiger partial charge >= 0.3 is 0 Å². The van der Waals surface area contributed by atoms with Gasteiger partial charge in [-0.1, -0.05) is 56.3 Å². The molecule has 5 nitrogen and oxygen atoms in total. The lowest BCUT2D eigenvalue weighted by molar-refractivity contribution is 0.462. The first-order valence-electron chi connectivity index (χ1n) is 12.4. The Balaban J connectivity index is 1.62. The third kappa shape index (κ3) is 3.40.